The molecule has 1 fully saturated rings. The van der Waals surface area contributed by atoms with Crippen LogP contribution >= 0.6 is 0 Å². The zero-order chi connectivity index (χ0) is 15.6. The topological polar surface area (TPSA) is 58.2 Å². The van der Waals surface area contributed by atoms with E-state index in [1.807, 2.05) is 30.3 Å². The van der Waals surface area contributed by atoms with Crippen LogP contribution in [0.15, 0.2) is 30.3 Å². The lowest BCUT2D eigenvalue weighted by atomic mass is 10.1. The number of carbonyl (C=O) groups is 2. The molecular formula is C18H26N2O2. The standard InChI is InChI=1S/C18H26N2O2/c21-17(19-13-12-15-8-4-3-5-9-15)14-18(22)20-16-10-6-1-2-7-11-16/h3-5,8-9,16H,1-2,6-7,10-14H2,(H,19,21)(H,20,22). The quantitative estimate of drug-likeness (QED) is 0.627. The number of nitrogens with one attached hydrogen (secondary N) is 2. The molecule has 0 atom stereocenters. The molecule has 0 unspecified atom stereocenters. The monoisotopic (exact) mass is 302 g/mol. The van der Waals surface area contributed by atoms with E-state index >= 15 is 0 Å². The van der Waals surface area contributed by atoms with E-state index < -0.39 is 0 Å². The van der Waals surface area contributed by atoms with Crippen LogP contribution in [0, 0.1) is 0 Å². The Morgan fingerprint density at radius 1 is 0.955 bits per heavy atom. The summed E-state index contributed by atoms with van der Waals surface area (Å²) in [6.07, 6.45) is 7.67. The van der Waals surface area contributed by atoms with Crippen LogP contribution in [0.4, 0.5) is 0 Å². The minimum Gasteiger partial charge on any atom is -0.355 e. The molecule has 0 heterocycles. The van der Waals surface area contributed by atoms with E-state index in [-0.39, 0.29) is 24.3 Å². The van der Waals surface area contributed by atoms with Crippen molar-refractivity contribution in [3.63, 3.8) is 0 Å². The molecule has 0 saturated heterocycles. The summed E-state index contributed by atoms with van der Waals surface area (Å²) in [5.41, 5.74) is 1.19. The Morgan fingerprint density at radius 3 is 2.32 bits per heavy atom. The lowest BCUT2D eigenvalue weighted by molar-refractivity contribution is -0.129. The van der Waals surface area contributed by atoms with Crippen LogP contribution in [0.3, 0.4) is 0 Å². The van der Waals surface area contributed by atoms with Crippen molar-refractivity contribution in [1.29, 1.82) is 0 Å². The molecule has 0 aromatic heterocycles. The van der Waals surface area contributed by atoms with Gasteiger partial charge < -0.3 is 10.6 Å². The number of rotatable bonds is 6. The molecule has 0 aliphatic heterocycles. The van der Waals surface area contributed by atoms with Crippen LogP contribution < -0.4 is 10.6 Å². The molecule has 120 valence electrons. The zero-order valence-electron chi connectivity index (χ0n) is 13.1. The molecule has 1 aromatic rings. The van der Waals surface area contributed by atoms with Crippen LogP contribution in [0.5, 0.6) is 0 Å². The second kappa shape index (κ2) is 9.23. The fraction of sp³-hybridized carbons (Fsp3) is 0.556. The molecule has 0 radical (unpaired) electrons. The number of hydrogen-bond acceptors (Lipinski definition) is 2. The predicted molar refractivity (Wildman–Crippen MR) is 87.4 cm³/mol. The first kappa shape index (κ1) is 16.5. The Labute approximate surface area is 132 Å². The van der Waals surface area contributed by atoms with Crippen molar-refractivity contribution in [3.05, 3.63) is 35.9 Å². The Morgan fingerprint density at radius 2 is 1.64 bits per heavy atom. The van der Waals surface area contributed by atoms with Gasteiger partial charge in [-0.3, -0.25) is 9.59 Å². The summed E-state index contributed by atoms with van der Waals surface area (Å²) in [6, 6.07) is 10.3. The number of carbonyl (C=O) groups excluding carboxylic acids is 2. The Balaban J connectivity index is 1.62. The van der Waals surface area contributed by atoms with E-state index in [1.165, 1.54) is 31.2 Å². The molecule has 1 aromatic carbocycles. The molecule has 4 heteroatoms. The van der Waals surface area contributed by atoms with Gasteiger partial charge in [0.1, 0.15) is 6.42 Å². The number of benzene rings is 1. The van der Waals surface area contributed by atoms with Crippen LogP contribution in [-0.2, 0) is 16.0 Å². The minimum atomic E-state index is -0.193. The third-order valence-corrected chi connectivity index (χ3v) is 4.12. The summed E-state index contributed by atoms with van der Waals surface area (Å²) in [6.45, 7) is 0.569. The molecule has 0 bridgehead atoms. The molecule has 2 amide bonds. The Bertz CT molecular complexity index is 465. The van der Waals surface area contributed by atoms with Gasteiger partial charge in [0.25, 0.3) is 0 Å². The summed E-state index contributed by atoms with van der Waals surface area (Å²) in [4.78, 5) is 23.7. The first-order valence-electron chi connectivity index (χ1n) is 8.34. The fourth-order valence-corrected chi connectivity index (χ4v) is 2.90. The first-order valence-corrected chi connectivity index (χ1v) is 8.34. The van der Waals surface area contributed by atoms with Gasteiger partial charge in [0.2, 0.25) is 11.8 Å². The average molecular weight is 302 g/mol. The SMILES string of the molecule is O=C(CC(=O)NC1CCCCCC1)NCCc1ccccc1. The van der Waals surface area contributed by atoms with Crippen molar-refractivity contribution in [2.75, 3.05) is 6.54 Å². The third-order valence-electron chi connectivity index (χ3n) is 4.12. The van der Waals surface area contributed by atoms with Crippen LogP contribution in [0.2, 0.25) is 0 Å². The van der Waals surface area contributed by atoms with Gasteiger partial charge in [0, 0.05) is 12.6 Å². The highest BCUT2D eigenvalue weighted by Crippen LogP contribution is 2.17. The minimum absolute atomic E-state index is 0.0642. The van der Waals surface area contributed by atoms with Gasteiger partial charge in [-0.15, -0.1) is 0 Å². The molecule has 1 saturated carbocycles. The van der Waals surface area contributed by atoms with Crippen molar-refractivity contribution >= 4 is 11.8 Å². The van der Waals surface area contributed by atoms with Crippen molar-refractivity contribution in [1.82, 2.24) is 10.6 Å². The van der Waals surface area contributed by atoms with Crippen LogP contribution in [0.25, 0.3) is 0 Å². The molecule has 0 spiro atoms. The normalized spacial score (nSPS) is 15.8. The molecule has 4 nitrogen and oxygen atoms in total. The zero-order valence-corrected chi connectivity index (χ0v) is 13.1. The molecule has 1 aliphatic rings. The van der Waals surface area contributed by atoms with E-state index in [0.29, 0.717) is 6.54 Å². The van der Waals surface area contributed by atoms with Gasteiger partial charge in [-0.1, -0.05) is 56.0 Å². The molecule has 22 heavy (non-hydrogen) atoms. The molecule has 2 rings (SSSR count). The van der Waals surface area contributed by atoms with E-state index in [2.05, 4.69) is 10.6 Å². The second-order valence-electron chi connectivity index (χ2n) is 6.02. The van der Waals surface area contributed by atoms with Crippen LogP contribution in [-0.4, -0.2) is 24.4 Å². The lowest BCUT2D eigenvalue weighted by Crippen LogP contribution is -2.38. The van der Waals surface area contributed by atoms with Gasteiger partial charge in [0.15, 0.2) is 0 Å². The maximum atomic E-state index is 11.9. The second-order valence-corrected chi connectivity index (χ2v) is 6.02. The van der Waals surface area contributed by atoms with E-state index in [9.17, 15) is 9.59 Å². The number of hydrogen-bond donors (Lipinski definition) is 2. The third kappa shape index (κ3) is 6.29. The highest BCUT2D eigenvalue weighted by molar-refractivity contribution is 5.96. The summed E-state index contributed by atoms with van der Waals surface area (Å²) in [5.74, 6) is -0.342. The van der Waals surface area contributed by atoms with E-state index in [0.717, 1.165) is 19.3 Å². The first-order chi connectivity index (χ1) is 10.7. The summed E-state index contributed by atoms with van der Waals surface area (Å²) in [7, 11) is 0. The van der Waals surface area contributed by atoms with Crippen LogP contribution in [0.1, 0.15) is 50.5 Å². The maximum absolute atomic E-state index is 11.9. The summed E-state index contributed by atoms with van der Waals surface area (Å²) in [5, 5.41) is 5.81. The van der Waals surface area contributed by atoms with Gasteiger partial charge in [-0.25, -0.2) is 0 Å². The molecular weight excluding hydrogens is 276 g/mol. The van der Waals surface area contributed by atoms with Gasteiger partial charge in [-0.05, 0) is 24.8 Å². The van der Waals surface area contributed by atoms with Gasteiger partial charge in [-0.2, -0.15) is 0 Å². The van der Waals surface area contributed by atoms with Crippen molar-refractivity contribution < 1.29 is 9.59 Å². The van der Waals surface area contributed by atoms with Gasteiger partial charge in [0.05, 0.1) is 0 Å². The predicted octanol–water partition coefficient (Wildman–Crippen LogP) is 2.57. The molecule has 1 aliphatic carbocycles. The van der Waals surface area contributed by atoms with Crippen molar-refractivity contribution in [3.8, 4) is 0 Å². The largest absolute Gasteiger partial charge is 0.355 e. The van der Waals surface area contributed by atoms with Crippen molar-refractivity contribution in [2.45, 2.75) is 57.4 Å². The lowest BCUT2D eigenvalue weighted by Gasteiger charge is -2.16. The molecule has 2 N–H and O–H groups in total. The summed E-state index contributed by atoms with van der Waals surface area (Å²) >= 11 is 0. The maximum Gasteiger partial charge on any atom is 0.229 e. The van der Waals surface area contributed by atoms with Gasteiger partial charge >= 0.3 is 0 Å². The highest BCUT2D eigenvalue weighted by atomic mass is 16.2. The highest BCUT2D eigenvalue weighted by Gasteiger charge is 2.16. The van der Waals surface area contributed by atoms with E-state index in [4.69, 9.17) is 0 Å². The smallest absolute Gasteiger partial charge is 0.229 e. The summed E-state index contributed by atoms with van der Waals surface area (Å²) < 4.78 is 0. The average Bonchev–Trinajstić information content (AvgIpc) is 2.77. The fourth-order valence-electron chi connectivity index (χ4n) is 2.90. The van der Waals surface area contributed by atoms with Crippen molar-refractivity contribution in [2.24, 2.45) is 0 Å². The Kier molecular flexibility index (Phi) is 6.94. The van der Waals surface area contributed by atoms with E-state index in [1.54, 1.807) is 0 Å². The Hall–Kier alpha value is -1.84. The number of amides is 2.